The summed E-state index contributed by atoms with van der Waals surface area (Å²) in [5, 5.41) is 10.3. The monoisotopic (exact) mass is 252 g/mol. The molecule has 1 saturated heterocycles. The first-order chi connectivity index (χ1) is 8.09. The molecule has 1 aromatic rings. The molecule has 0 radical (unpaired) electrons. The number of carbonyl (C=O) groups excluding carboxylic acids is 1. The topological polar surface area (TPSA) is 80.9 Å². The van der Waals surface area contributed by atoms with Crippen molar-refractivity contribution in [2.45, 2.75) is 24.5 Å². The number of nitrogens with one attached hydrogen (secondary N) is 1. The molecule has 2 heterocycles. The zero-order valence-corrected chi connectivity index (χ0v) is 10.6. The molecule has 6 heteroatoms. The Bertz CT molecular complexity index is 400. The lowest BCUT2D eigenvalue weighted by Crippen LogP contribution is -2.37. The van der Waals surface area contributed by atoms with Gasteiger partial charge in [0.05, 0.1) is 0 Å². The number of aromatic nitrogens is 2. The molecule has 1 aromatic heterocycles. The SMILES string of the molecule is CC1(CNC(=O)c2ccc(N)nn2)CCCS1. The zero-order valence-electron chi connectivity index (χ0n) is 9.77. The minimum atomic E-state index is -0.189. The van der Waals surface area contributed by atoms with Gasteiger partial charge in [-0.05, 0) is 37.7 Å². The fourth-order valence-corrected chi connectivity index (χ4v) is 3.04. The number of amides is 1. The summed E-state index contributed by atoms with van der Waals surface area (Å²) in [6, 6.07) is 3.16. The van der Waals surface area contributed by atoms with Crippen molar-refractivity contribution in [1.29, 1.82) is 0 Å². The molecule has 1 fully saturated rings. The molecular weight excluding hydrogens is 236 g/mol. The largest absolute Gasteiger partial charge is 0.382 e. The van der Waals surface area contributed by atoms with Gasteiger partial charge in [0.25, 0.3) is 5.91 Å². The fraction of sp³-hybridized carbons (Fsp3) is 0.545. The first kappa shape index (κ1) is 12.2. The third-order valence-electron chi connectivity index (χ3n) is 2.84. The lowest BCUT2D eigenvalue weighted by Gasteiger charge is -2.22. The molecule has 1 amide bonds. The predicted octanol–water partition coefficient (Wildman–Crippen LogP) is 1.07. The Labute approximate surface area is 105 Å². The quantitative estimate of drug-likeness (QED) is 0.841. The number of hydrogen-bond donors (Lipinski definition) is 2. The maximum absolute atomic E-state index is 11.8. The highest BCUT2D eigenvalue weighted by Gasteiger charge is 2.29. The lowest BCUT2D eigenvalue weighted by atomic mass is 10.1. The van der Waals surface area contributed by atoms with Gasteiger partial charge < -0.3 is 11.1 Å². The van der Waals surface area contributed by atoms with Crippen LogP contribution >= 0.6 is 11.8 Å². The molecule has 17 heavy (non-hydrogen) atoms. The van der Waals surface area contributed by atoms with Crippen LogP contribution in [0.4, 0.5) is 5.82 Å². The van der Waals surface area contributed by atoms with Gasteiger partial charge in [-0.2, -0.15) is 11.8 Å². The van der Waals surface area contributed by atoms with Crippen molar-refractivity contribution in [2.75, 3.05) is 18.0 Å². The zero-order chi connectivity index (χ0) is 12.3. The number of hydrogen-bond acceptors (Lipinski definition) is 5. The first-order valence-corrected chi connectivity index (χ1v) is 6.59. The van der Waals surface area contributed by atoms with E-state index in [2.05, 4.69) is 22.4 Å². The van der Waals surface area contributed by atoms with Crippen molar-refractivity contribution >= 4 is 23.5 Å². The molecule has 2 rings (SSSR count). The van der Waals surface area contributed by atoms with Gasteiger partial charge in [-0.3, -0.25) is 4.79 Å². The van der Waals surface area contributed by atoms with Gasteiger partial charge in [0.1, 0.15) is 5.82 Å². The van der Waals surface area contributed by atoms with E-state index in [0.717, 1.165) is 6.42 Å². The van der Waals surface area contributed by atoms with Crippen molar-refractivity contribution in [3.8, 4) is 0 Å². The van der Waals surface area contributed by atoms with Crippen LogP contribution in [0.15, 0.2) is 12.1 Å². The van der Waals surface area contributed by atoms with Crippen molar-refractivity contribution < 1.29 is 4.79 Å². The van der Waals surface area contributed by atoms with E-state index >= 15 is 0 Å². The molecule has 0 aliphatic carbocycles. The van der Waals surface area contributed by atoms with E-state index in [4.69, 9.17) is 5.73 Å². The van der Waals surface area contributed by atoms with E-state index in [1.807, 2.05) is 11.8 Å². The van der Waals surface area contributed by atoms with Gasteiger partial charge >= 0.3 is 0 Å². The summed E-state index contributed by atoms with van der Waals surface area (Å²) in [6.45, 7) is 2.85. The minimum absolute atomic E-state index is 0.164. The summed E-state index contributed by atoms with van der Waals surface area (Å²) >= 11 is 1.91. The molecule has 0 aromatic carbocycles. The minimum Gasteiger partial charge on any atom is -0.382 e. The summed E-state index contributed by atoms with van der Waals surface area (Å²) in [5.74, 6) is 1.31. The smallest absolute Gasteiger partial charge is 0.271 e. The Balaban J connectivity index is 1.91. The number of nitrogen functional groups attached to an aromatic ring is 1. The average molecular weight is 252 g/mol. The van der Waals surface area contributed by atoms with Crippen LogP contribution in [0.3, 0.4) is 0 Å². The lowest BCUT2D eigenvalue weighted by molar-refractivity contribution is 0.0944. The average Bonchev–Trinajstić information content (AvgIpc) is 2.75. The van der Waals surface area contributed by atoms with Crippen molar-refractivity contribution in [3.63, 3.8) is 0 Å². The summed E-state index contributed by atoms with van der Waals surface area (Å²) in [4.78, 5) is 11.8. The number of anilines is 1. The third kappa shape index (κ3) is 3.09. The summed E-state index contributed by atoms with van der Waals surface area (Å²) in [7, 11) is 0. The van der Waals surface area contributed by atoms with Crippen LogP contribution in [0, 0.1) is 0 Å². The number of nitrogens with two attached hydrogens (primary N) is 1. The van der Waals surface area contributed by atoms with E-state index < -0.39 is 0 Å². The number of nitrogens with zero attached hydrogens (tertiary/aromatic N) is 2. The van der Waals surface area contributed by atoms with Crippen LogP contribution in [0.1, 0.15) is 30.3 Å². The van der Waals surface area contributed by atoms with Gasteiger partial charge in [0, 0.05) is 11.3 Å². The highest BCUT2D eigenvalue weighted by Crippen LogP contribution is 2.36. The summed E-state index contributed by atoms with van der Waals surface area (Å²) < 4.78 is 0.164. The first-order valence-electron chi connectivity index (χ1n) is 5.60. The van der Waals surface area contributed by atoms with Crippen LogP contribution in [0.2, 0.25) is 0 Å². The molecular formula is C11H16N4OS. The van der Waals surface area contributed by atoms with Gasteiger partial charge in [0.15, 0.2) is 5.69 Å². The second-order valence-corrected chi connectivity index (χ2v) is 6.11. The molecule has 3 N–H and O–H groups in total. The fourth-order valence-electron chi connectivity index (χ4n) is 1.80. The normalized spacial score (nSPS) is 23.6. The van der Waals surface area contributed by atoms with Crippen molar-refractivity contribution in [3.05, 3.63) is 17.8 Å². The molecule has 1 unspecified atom stereocenters. The Hall–Kier alpha value is -1.30. The van der Waals surface area contributed by atoms with Gasteiger partial charge in [-0.1, -0.05) is 0 Å². The van der Waals surface area contributed by atoms with E-state index in [1.165, 1.54) is 12.2 Å². The van der Waals surface area contributed by atoms with E-state index in [9.17, 15) is 4.79 Å². The molecule has 5 nitrogen and oxygen atoms in total. The predicted molar refractivity (Wildman–Crippen MR) is 68.9 cm³/mol. The van der Waals surface area contributed by atoms with E-state index in [1.54, 1.807) is 12.1 Å². The third-order valence-corrected chi connectivity index (χ3v) is 4.38. The molecule has 0 bridgehead atoms. The molecule has 1 aliphatic rings. The van der Waals surface area contributed by atoms with Gasteiger partial charge in [-0.15, -0.1) is 10.2 Å². The van der Waals surface area contributed by atoms with Crippen LogP contribution in [0.25, 0.3) is 0 Å². The Morgan fingerprint density at radius 1 is 1.59 bits per heavy atom. The second kappa shape index (κ2) is 4.91. The van der Waals surface area contributed by atoms with Crippen molar-refractivity contribution in [1.82, 2.24) is 15.5 Å². The highest BCUT2D eigenvalue weighted by atomic mass is 32.2. The second-order valence-electron chi connectivity index (χ2n) is 4.43. The van der Waals surface area contributed by atoms with Crippen LogP contribution in [-0.4, -0.2) is 33.1 Å². The molecule has 1 atom stereocenters. The van der Waals surface area contributed by atoms with Crippen LogP contribution in [-0.2, 0) is 0 Å². The number of thioether (sulfide) groups is 1. The highest BCUT2D eigenvalue weighted by molar-refractivity contribution is 8.00. The van der Waals surface area contributed by atoms with Crippen molar-refractivity contribution in [2.24, 2.45) is 0 Å². The standard InChI is InChI=1S/C11H16N4OS/c1-11(5-2-6-17-11)7-13-10(16)8-3-4-9(12)15-14-8/h3-4H,2,5-7H2,1H3,(H2,12,15)(H,13,16). The Kier molecular flexibility index (Phi) is 3.51. The van der Waals surface area contributed by atoms with E-state index in [0.29, 0.717) is 18.1 Å². The molecule has 92 valence electrons. The summed E-state index contributed by atoms with van der Waals surface area (Å²) in [5.41, 5.74) is 5.72. The van der Waals surface area contributed by atoms with E-state index in [-0.39, 0.29) is 10.7 Å². The molecule has 0 spiro atoms. The molecule has 1 aliphatic heterocycles. The number of rotatable bonds is 3. The Morgan fingerprint density at radius 2 is 2.41 bits per heavy atom. The van der Waals surface area contributed by atoms with Crippen LogP contribution < -0.4 is 11.1 Å². The van der Waals surface area contributed by atoms with Gasteiger partial charge in [0.2, 0.25) is 0 Å². The maximum Gasteiger partial charge on any atom is 0.271 e. The Morgan fingerprint density at radius 3 is 3.00 bits per heavy atom. The van der Waals surface area contributed by atoms with Crippen LogP contribution in [0.5, 0.6) is 0 Å². The molecule has 0 saturated carbocycles. The van der Waals surface area contributed by atoms with Gasteiger partial charge in [-0.25, -0.2) is 0 Å². The maximum atomic E-state index is 11.8. The number of carbonyl (C=O) groups is 1. The summed E-state index contributed by atoms with van der Waals surface area (Å²) in [6.07, 6.45) is 2.37.